The van der Waals surface area contributed by atoms with Gasteiger partial charge < -0.3 is 9.80 Å². The lowest BCUT2D eigenvalue weighted by atomic mass is 10.1. The molecule has 0 aliphatic carbocycles. The fraction of sp³-hybridized carbons (Fsp3) is 0.316. The third kappa shape index (κ3) is 4.35. The lowest BCUT2D eigenvalue weighted by molar-refractivity contribution is -0.137. The molecule has 0 fully saturated rings. The van der Waals surface area contributed by atoms with E-state index in [1.54, 1.807) is 0 Å². The van der Waals surface area contributed by atoms with Crippen LogP contribution < -0.4 is 4.90 Å². The zero-order valence-corrected chi connectivity index (χ0v) is 16.5. The van der Waals surface area contributed by atoms with Crippen LogP contribution in [0.15, 0.2) is 51.2 Å². The van der Waals surface area contributed by atoms with E-state index in [1.807, 2.05) is 43.3 Å². The molecular weight excluding hydrogens is 391 g/mol. The third-order valence-corrected chi connectivity index (χ3v) is 5.37. The number of thiocarbonyl (C=S) groups is 1. The fourth-order valence-corrected chi connectivity index (χ4v) is 4.28. The van der Waals surface area contributed by atoms with Gasteiger partial charge in [-0.3, -0.25) is 0 Å². The van der Waals surface area contributed by atoms with Gasteiger partial charge in [0.2, 0.25) is 0 Å². The van der Waals surface area contributed by atoms with Crippen LogP contribution in [0.5, 0.6) is 0 Å². The van der Waals surface area contributed by atoms with Crippen molar-refractivity contribution in [1.29, 1.82) is 0 Å². The zero-order valence-electron chi connectivity index (χ0n) is 14.9. The largest absolute Gasteiger partial charge is 0.416 e. The second-order valence-electron chi connectivity index (χ2n) is 6.42. The Balaban J connectivity index is 2.14. The van der Waals surface area contributed by atoms with Crippen molar-refractivity contribution in [3.05, 3.63) is 42.0 Å². The molecule has 0 unspecified atom stereocenters. The van der Waals surface area contributed by atoms with E-state index in [0.717, 1.165) is 29.6 Å². The summed E-state index contributed by atoms with van der Waals surface area (Å²) in [6.45, 7) is 1.53. The van der Waals surface area contributed by atoms with E-state index in [2.05, 4.69) is 27.3 Å². The maximum absolute atomic E-state index is 13.3. The first-order chi connectivity index (χ1) is 12.8. The van der Waals surface area contributed by atoms with Crippen molar-refractivity contribution >= 4 is 46.2 Å². The molecule has 1 aliphatic heterocycles. The van der Waals surface area contributed by atoms with Crippen LogP contribution in [0.3, 0.4) is 0 Å². The molecule has 3 nitrogen and oxygen atoms in total. The van der Waals surface area contributed by atoms with Gasteiger partial charge in [-0.05, 0) is 63.5 Å². The maximum Gasteiger partial charge on any atom is 0.416 e. The summed E-state index contributed by atoms with van der Waals surface area (Å²) < 4.78 is 40.0. The second-order valence-corrected chi connectivity index (χ2v) is 7.69. The number of anilines is 2. The van der Waals surface area contributed by atoms with Crippen molar-refractivity contribution in [2.24, 2.45) is 4.99 Å². The number of rotatable bonds is 5. The van der Waals surface area contributed by atoms with Gasteiger partial charge in [0.25, 0.3) is 0 Å². The van der Waals surface area contributed by atoms with Crippen molar-refractivity contribution in [3.8, 4) is 0 Å². The van der Waals surface area contributed by atoms with Crippen LogP contribution in [0, 0.1) is 0 Å². The molecule has 0 bridgehead atoms. The van der Waals surface area contributed by atoms with Gasteiger partial charge >= 0.3 is 6.18 Å². The Labute approximate surface area is 165 Å². The molecule has 0 N–H and O–H groups in total. The molecule has 0 saturated heterocycles. The monoisotopic (exact) mass is 409 g/mol. The van der Waals surface area contributed by atoms with Gasteiger partial charge in [0.15, 0.2) is 0 Å². The van der Waals surface area contributed by atoms with Crippen LogP contribution in [0.2, 0.25) is 0 Å². The van der Waals surface area contributed by atoms with Gasteiger partial charge in [0.05, 0.1) is 27.8 Å². The summed E-state index contributed by atoms with van der Waals surface area (Å²) in [4.78, 5) is 9.52. The van der Waals surface area contributed by atoms with E-state index in [4.69, 9.17) is 0 Å². The topological polar surface area (TPSA) is 18.8 Å². The van der Waals surface area contributed by atoms with Gasteiger partial charge in [0, 0.05) is 16.3 Å². The van der Waals surface area contributed by atoms with Gasteiger partial charge in [-0.1, -0.05) is 23.9 Å². The van der Waals surface area contributed by atoms with E-state index in [0.29, 0.717) is 17.1 Å². The molecule has 0 amide bonds. The first kappa shape index (κ1) is 19.9. The van der Waals surface area contributed by atoms with Gasteiger partial charge in [0.1, 0.15) is 0 Å². The van der Waals surface area contributed by atoms with Crippen molar-refractivity contribution < 1.29 is 13.2 Å². The van der Waals surface area contributed by atoms with Crippen molar-refractivity contribution in [2.75, 3.05) is 32.1 Å². The summed E-state index contributed by atoms with van der Waals surface area (Å²) in [6.07, 6.45) is -3.60. The Hall–Kier alpha value is -1.86. The summed E-state index contributed by atoms with van der Waals surface area (Å²) in [6, 6.07) is 9.95. The fourth-order valence-electron chi connectivity index (χ4n) is 3.02. The summed E-state index contributed by atoms with van der Waals surface area (Å²) in [5.74, 6) is 0. The highest BCUT2D eigenvalue weighted by Crippen LogP contribution is 2.53. The van der Waals surface area contributed by atoms with Crippen LogP contribution in [0.4, 0.5) is 30.2 Å². The van der Waals surface area contributed by atoms with Crippen LogP contribution in [0.1, 0.15) is 12.0 Å². The number of para-hydroxylation sites is 1. The van der Waals surface area contributed by atoms with Crippen molar-refractivity contribution in [1.82, 2.24) is 4.90 Å². The van der Waals surface area contributed by atoms with Crippen molar-refractivity contribution in [2.45, 2.75) is 22.4 Å². The number of aliphatic imine (C=N–C) groups is 1. The lowest BCUT2D eigenvalue weighted by Gasteiger charge is -2.34. The predicted octanol–water partition coefficient (Wildman–Crippen LogP) is 5.99. The highest BCUT2D eigenvalue weighted by atomic mass is 32.2. The molecule has 0 atom stereocenters. The maximum atomic E-state index is 13.3. The molecule has 0 saturated carbocycles. The SMILES string of the molecule is CN(C)CCCN1c2ccccc2Sc2cc(C(F)(F)F)cc(N=C=S)c21. The number of alkyl halides is 3. The molecular formula is C19H18F3N3S2. The molecule has 1 heterocycles. The predicted molar refractivity (Wildman–Crippen MR) is 107 cm³/mol. The van der Waals surface area contributed by atoms with Crippen LogP contribution >= 0.6 is 24.0 Å². The number of nitrogens with zero attached hydrogens (tertiary/aromatic N) is 3. The molecule has 0 aromatic heterocycles. The Morgan fingerprint density at radius 2 is 1.93 bits per heavy atom. The highest BCUT2D eigenvalue weighted by molar-refractivity contribution is 7.99. The average molecular weight is 410 g/mol. The second kappa shape index (κ2) is 8.02. The normalized spacial score (nSPS) is 13.2. The van der Waals surface area contributed by atoms with E-state index in [-0.39, 0.29) is 5.69 Å². The first-order valence-electron chi connectivity index (χ1n) is 8.33. The Bertz CT molecular complexity index is 890. The minimum absolute atomic E-state index is 0.196. The first-order valence-corrected chi connectivity index (χ1v) is 9.56. The van der Waals surface area contributed by atoms with Crippen LogP contribution in [0.25, 0.3) is 0 Å². The molecule has 0 spiro atoms. The number of benzene rings is 2. The molecule has 27 heavy (non-hydrogen) atoms. The summed E-state index contributed by atoms with van der Waals surface area (Å²) in [5, 5.41) is 2.23. The summed E-state index contributed by atoms with van der Waals surface area (Å²) in [7, 11) is 3.98. The van der Waals surface area contributed by atoms with E-state index in [1.165, 1.54) is 17.8 Å². The smallest absolute Gasteiger partial charge is 0.338 e. The number of halogens is 3. The molecule has 8 heteroatoms. The number of hydrogen-bond donors (Lipinski definition) is 0. The van der Waals surface area contributed by atoms with E-state index >= 15 is 0 Å². The summed E-state index contributed by atoms with van der Waals surface area (Å²) in [5.41, 5.74) is 1.09. The Kier molecular flexibility index (Phi) is 5.91. The standard InChI is InChI=1S/C19H18F3N3S2/c1-24(2)8-5-9-25-15-6-3-4-7-16(15)27-17-11-13(19(20,21)22)10-14(18(17)25)23-12-26/h3-4,6-7,10-11H,5,8-9H2,1-2H3. The quantitative estimate of drug-likeness (QED) is 0.446. The highest BCUT2D eigenvalue weighted by Gasteiger charge is 2.35. The Morgan fingerprint density at radius 3 is 2.59 bits per heavy atom. The average Bonchev–Trinajstić information content (AvgIpc) is 2.60. The Morgan fingerprint density at radius 1 is 1.19 bits per heavy atom. The molecule has 1 aliphatic rings. The van der Waals surface area contributed by atoms with Gasteiger partial charge in [-0.15, -0.1) is 0 Å². The number of hydrogen-bond acceptors (Lipinski definition) is 5. The van der Waals surface area contributed by atoms with E-state index < -0.39 is 11.7 Å². The number of isothiocyanates is 1. The lowest BCUT2D eigenvalue weighted by Crippen LogP contribution is -2.25. The molecule has 2 aromatic rings. The minimum Gasteiger partial charge on any atom is -0.338 e. The van der Waals surface area contributed by atoms with E-state index in [9.17, 15) is 13.2 Å². The van der Waals surface area contributed by atoms with Gasteiger partial charge in [-0.25, -0.2) is 0 Å². The third-order valence-electron chi connectivity index (χ3n) is 4.18. The zero-order chi connectivity index (χ0) is 19.6. The summed E-state index contributed by atoms with van der Waals surface area (Å²) >= 11 is 6.01. The molecule has 0 radical (unpaired) electrons. The van der Waals surface area contributed by atoms with Crippen molar-refractivity contribution in [3.63, 3.8) is 0 Å². The molecule has 142 valence electrons. The molecule has 2 aromatic carbocycles. The number of fused-ring (bicyclic) bond motifs is 2. The van der Waals surface area contributed by atoms with Gasteiger partial charge in [-0.2, -0.15) is 18.2 Å². The molecule has 3 rings (SSSR count). The van der Waals surface area contributed by atoms with Crippen LogP contribution in [-0.2, 0) is 6.18 Å². The minimum atomic E-state index is -4.45. The van der Waals surface area contributed by atoms with Crippen LogP contribution in [-0.4, -0.2) is 37.2 Å².